The van der Waals surface area contributed by atoms with Crippen LogP contribution in [-0.4, -0.2) is 37.3 Å². The van der Waals surface area contributed by atoms with Crippen LogP contribution in [0, 0.1) is 5.92 Å². The molecular weight excluding hydrogens is 266 g/mol. The minimum Gasteiger partial charge on any atom is -0.356 e. The molecule has 0 spiro atoms. The molecule has 1 fully saturated rings. The number of likely N-dealkylation sites (tertiary alicyclic amines) is 1. The first-order chi connectivity index (χ1) is 8.91. The molecule has 0 aliphatic carbocycles. The summed E-state index contributed by atoms with van der Waals surface area (Å²) in [5.41, 5.74) is 0.279. The Bertz CT molecular complexity index is 565. The molecule has 3 N–H and O–H groups in total. The summed E-state index contributed by atoms with van der Waals surface area (Å²) in [5, 5.41) is 5.01. The van der Waals surface area contributed by atoms with Gasteiger partial charge in [-0.15, -0.1) is 0 Å². The van der Waals surface area contributed by atoms with Gasteiger partial charge in [0.1, 0.15) is 5.69 Å². The number of nitrogens with one attached hydrogen (secondary N) is 1. The highest BCUT2D eigenvalue weighted by atomic mass is 32.2. The predicted molar refractivity (Wildman–Crippen MR) is 71.1 cm³/mol. The zero-order valence-corrected chi connectivity index (χ0v) is 11.7. The van der Waals surface area contributed by atoms with Crippen LogP contribution in [0.5, 0.6) is 0 Å². The van der Waals surface area contributed by atoms with Gasteiger partial charge in [-0.1, -0.05) is 13.3 Å². The molecule has 2 rings (SSSR count). The molecule has 1 amide bonds. The monoisotopic (exact) mass is 285 g/mol. The number of rotatable bonds is 4. The Kier molecular flexibility index (Phi) is 3.96. The second-order valence-electron chi connectivity index (χ2n) is 4.99. The van der Waals surface area contributed by atoms with Crippen LogP contribution in [0.25, 0.3) is 0 Å². The van der Waals surface area contributed by atoms with Gasteiger partial charge in [0.05, 0.1) is 4.90 Å². The number of nitrogens with two attached hydrogens (primary N) is 1. The number of aromatic nitrogens is 1. The van der Waals surface area contributed by atoms with Crippen molar-refractivity contribution in [3.05, 3.63) is 18.0 Å². The van der Waals surface area contributed by atoms with Gasteiger partial charge in [0.2, 0.25) is 10.0 Å². The fraction of sp³-hybridized carbons (Fsp3) is 0.583. The zero-order valence-electron chi connectivity index (χ0n) is 10.9. The van der Waals surface area contributed by atoms with E-state index in [1.807, 2.05) is 0 Å². The summed E-state index contributed by atoms with van der Waals surface area (Å²) in [6, 6.07) is 1.30. The summed E-state index contributed by atoms with van der Waals surface area (Å²) in [7, 11) is -3.76. The summed E-state index contributed by atoms with van der Waals surface area (Å²) < 4.78 is 22.3. The maximum absolute atomic E-state index is 12.2. The standard InChI is InChI=1S/C12H19N3O3S/c1-2-3-9-4-5-15(8-9)12(16)11-6-10(7-14-11)19(13,17)18/h6-7,9,14H,2-5,8H2,1H3,(H2,13,17,18). The average molecular weight is 285 g/mol. The summed E-state index contributed by atoms with van der Waals surface area (Å²) in [6.07, 6.45) is 4.51. The largest absolute Gasteiger partial charge is 0.356 e. The predicted octanol–water partition coefficient (Wildman–Crippen LogP) is 0.924. The number of hydrogen-bond donors (Lipinski definition) is 2. The van der Waals surface area contributed by atoms with Gasteiger partial charge in [-0.05, 0) is 24.8 Å². The molecule has 0 radical (unpaired) electrons. The minimum absolute atomic E-state index is 0.0554. The molecule has 1 aliphatic heterocycles. The van der Waals surface area contributed by atoms with Crippen molar-refractivity contribution in [3.63, 3.8) is 0 Å². The van der Waals surface area contributed by atoms with E-state index in [9.17, 15) is 13.2 Å². The first kappa shape index (κ1) is 14.1. The highest BCUT2D eigenvalue weighted by molar-refractivity contribution is 7.89. The number of H-pyrrole nitrogens is 1. The molecule has 1 aromatic heterocycles. The smallest absolute Gasteiger partial charge is 0.270 e. The summed E-state index contributed by atoms with van der Waals surface area (Å²) in [6.45, 7) is 3.61. The molecule has 7 heteroatoms. The Labute approximate surface area is 113 Å². The maximum atomic E-state index is 12.2. The molecule has 1 atom stereocenters. The lowest BCUT2D eigenvalue weighted by Gasteiger charge is -2.15. The molecule has 1 aliphatic rings. The molecule has 19 heavy (non-hydrogen) atoms. The molecule has 1 saturated heterocycles. The number of sulfonamides is 1. The van der Waals surface area contributed by atoms with Crippen LogP contribution >= 0.6 is 0 Å². The van der Waals surface area contributed by atoms with Crippen molar-refractivity contribution in [1.29, 1.82) is 0 Å². The van der Waals surface area contributed by atoms with Crippen molar-refractivity contribution >= 4 is 15.9 Å². The van der Waals surface area contributed by atoms with Gasteiger partial charge in [-0.2, -0.15) is 0 Å². The molecule has 6 nitrogen and oxygen atoms in total. The highest BCUT2D eigenvalue weighted by Gasteiger charge is 2.27. The van der Waals surface area contributed by atoms with E-state index in [1.165, 1.54) is 12.3 Å². The van der Waals surface area contributed by atoms with Crippen LogP contribution in [0.2, 0.25) is 0 Å². The van der Waals surface area contributed by atoms with Crippen molar-refractivity contribution < 1.29 is 13.2 Å². The van der Waals surface area contributed by atoms with E-state index in [1.54, 1.807) is 4.90 Å². The van der Waals surface area contributed by atoms with Crippen molar-refractivity contribution in [1.82, 2.24) is 9.88 Å². The van der Waals surface area contributed by atoms with Crippen molar-refractivity contribution in [3.8, 4) is 0 Å². The topological polar surface area (TPSA) is 96.3 Å². The van der Waals surface area contributed by atoms with Crippen molar-refractivity contribution in [2.24, 2.45) is 11.1 Å². The van der Waals surface area contributed by atoms with E-state index >= 15 is 0 Å². The summed E-state index contributed by atoms with van der Waals surface area (Å²) >= 11 is 0. The lowest BCUT2D eigenvalue weighted by molar-refractivity contribution is 0.0781. The number of hydrogen-bond acceptors (Lipinski definition) is 3. The van der Waals surface area contributed by atoms with Crippen LogP contribution in [0.3, 0.4) is 0 Å². The first-order valence-electron chi connectivity index (χ1n) is 6.42. The maximum Gasteiger partial charge on any atom is 0.270 e. The highest BCUT2D eigenvalue weighted by Crippen LogP contribution is 2.22. The fourth-order valence-corrected chi connectivity index (χ4v) is 3.00. The van der Waals surface area contributed by atoms with Gasteiger partial charge in [0, 0.05) is 19.3 Å². The number of aromatic amines is 1. The number of carbonyl (C=O) groups is 1. The Morgan fingerprint density at radius 2 is 2.32 bits per heavy atom. The second kappa shape index (κ2) is 5.34. The van der Waals surface area contributed by atoms with Crippen molar-refractivity contribution in [2.45, 2.75) is 31.1 Å². The van der Waals surface area contributed by atoms with Crippen molar-refractivity contribution in [2.75, 3.05) is 13.1 Å². The van der Waals surface area contributed by atoms with E-state index < -0.39 is 10.0 Å². The van der Waals surface area contributed by atoms with Crippen LogP contribution in [0.15, 0.2) is 17.2 Å². The third-order valence-electron chi connectivity index (χ3n) is 3.49. The first-order valence-corrected chi connectivity index (χ1v) is 7.97. The molecule has 1 unspecified atom stereocenters. The third-order valence-corrected chi connectivity index (χ3v) is 4.38. The molecule has 2 heterocycles. The normalized spacial score (nSPS) is 19.9. The number of primary sulfonamides is 1. The quantitative estimate of drug-likeness (QED) is 0.861. The Morgan fingerprint density at radius 3 is 2.89 bits per heavy atom. The van der Waals surface area contributed by atoms with Crippen LogP contribution in [-0.2, 0) is 10.0 Å². The van der Waals surface area contributed by atoms with Gasteiger partial charge in [0.25, 0.3) is 5.91 Å². The van der Waals surface area contributed by atoms with Crippen LogP contribution in [0.4, 0.5) is 0 Å². The molecule has 0 bridgehead atoms. The SMILES string of the molecule is CCCC1CCN(C(=O)c2cc(S(N)(=O)=O)c[nH]2)C1. The van der Waals surface area contributed by atoms with E-state index in [0.29, 0.717) is 5.92 Å². The van der Waals surface area contributed by atoms with Gasteiger partial charge < -0.3 is 9.88 Å². The minimum atomic E-state index is -3.76. The number of nitrogens with zero attached hydrogens (tertiary/aromatic N) is 1. The molecule has 1 aromatic rings. The third kappa shape index (κ3) is 3.16. The van der Waals surface area contributed by atoms with Gasteiger partial charge in [-0.25, -0.2) is 13.6 Å². The molecule has 0 saturated carbocycles. The van der Waals surface area contributed by atoms with Gasteiger partial charge >= 0.3 is 0 Å². The van der Waals surface area contributed by atoms with Gasteiger partial charge in [-0.3, -0.25) is 4.79 Å². The molecular formula is C12H19N3O3S. The molecule has 106 valence electrons. The Balaban J connectivity index is 2.07. The van der Waals surface area contributed by atoms with Crippen LogP contribution < -0.4 is 5.14 Å². The lowest BCUT2D eigenvalue weighted by Crippen LogP contribution is -2.28. The number of carbonyl (C=O) groups excluding carboxylic acids is 1. The second-order valence-corrected chi connectivity index (χ2v) is 6.55. The lowest BCUT2D eigenvalue weighted by atomic mass is 10.0. The van der Waals surface area contributed by atoms with Gasteiger partial charge in [0.15, 0.2) is 0 Å². The van der Waals surface area contributed by atoms with Crippen LogP contribution in [0.1, 0.15) is 36.7 Å². The van der Waals surface area contributed by atoms with E-state index in [4.69, 9.17) is 5.14 Å². The van der Waals surface area contributed by atoms with E-state index in [0.717, 1.165) is 32.4 Å². The number of amides is 1. The Morgan fingerprint density at radius 1 is 1.58 bits per heavy atom. The summed E-state index contributed by atoms with van der Waals surface area (Å²) in [4.78, 5) is 16.6. The Hall–Kier alpha value is -1.34. The average Bonchev–Trinajstić information content (AvgIpc) is 2.96. The zero-order chi connectivity index (χ0) is 14.0. The van der Waals surface area contributed by atoms with E-state index in [-0.39, 0.29) is 16.5 Å². The van der Waals surface area contributed by atoms with E-state index in [2.05, 4.69) is 11.9 Å². The fourth-order valence-electron chi connectivity index (χ4n) is 2.49. The summed E-state index contributed by atoms with van der Waals surface area (Å²) in [5.74, 6) is 0.398. The molecule has 0 aromatic carbocycles.